The highest BCUT2D eigenvalue weighted by molar-refractivity contribution is 7.80. The van der Waals surface area contributed by atoms with E-state index in [0.29, 0.717) is 5.69 Å². The maximum absolute atomic E-state index is 14.1. The van der Waals surface area contributed by atoms with Crippen LogP contribution in [-0.4, -0.2) is 46.2 Å². The Kier molecular flexibility index (Phi) is 9.29. The molecule has 3 amide bonds. The van der Waals surface area contributed by atoms with E-state index < -0.39 is 23.8 Å². The summed E-state index contributed by atoms with van der Waals surface area (Å²) in [6.07, 6.45) is 1.85. The summed E-state index contributed by atoms with van der Waals surface area (Å²) in [4.78, 5) is 42.4. The van der Waals surface area contributed by atoms with Gasteiger partial charge in [0.2, 0.25) is 5.91 Å². The van der Waals surface area contributed by atoms with E-state index in [2.05, 4.69) is 23.3 Å². The molecule has 37 heavy (non-hydrogen) atoms. The number of hydrogen-bond acceptors (Lipinski definition) is 5. The number of alkyl carbamates (subject to hydrolysis) is 1. The van der Waals surface area contributed by atoms with Gasteiger partial charge in [0.1, 0.15) is 17.7 Å². The molecule has 2 N–H and O–H groups in total. The molecule has 1 fully saturated rings. The van der Waals surface area contributed by atoms with Gasteiger partial charge in [-0.3, -0.25) is 9.59 Å². The fourth-order valence-electron chi connectivity index (χ4n) is 4.57. The van der Waals surface area contributed by atoms with E-state index in [9.17, 15) is 14.4 Å². The fraction of sp³-hybridized carbons (Fsp3) is 0.483. The van der Waals surface area contributed by atoms with Crippen LogP contribution in [0.15, 0.2) is 42.5 Å². The Balaban J connectivity index is 2.04. The van der Waals surface area contributed by atoms with Gasteiger partial charge in [-0.1, -0.05) is 36.4 Å². The van der Waals surface area contributed by atoms with Gasteiger partial charge in [-0.15, -0.1) is 0 Å². The SMILES string of the molecule is Cc1ccccc1NC(=O)C(c1c(C)cccc1C)N(C(=O)C(CS)NC(=O)OC(C)(C)C)C1CCC1. The summed E-state index contributed by atoms with van der Waals surface area (Å²) >= 11 is 4.37. The maximum atomic E-state index is 14.1. The topological polar surface area (TPSA) is 87.7 Å². The maximum Gasteiger partial charge on any atom is 0.408 e. The molecule has 1 saturated carbocycles. The van der Waals surface area contributed by atoms with Gasteiger partial charge in [-0.2, -0.15) is 12.6 Å². The molecule has 2 atom stereocenters. The number of anilines is 1. The molecular formula is C29H39N3O4S. The third kappa shape index (κ3) is 7.06. The molecule has 0 aromatic heterocycles. The van der Waals surface area contributed by atoms with Crippen LogP contribution in [0.4, 0.5) is 10.5 Å². The molecule has 0 spiro atoms. The second-order valence-corrected chi connectivity index (χ2v) is 11.1. The normalized spacial score (nSPS) is 15.2. The average molecular weight is 526 g/mol. The number of ether oxygens (including phenoxy) is 1. The average Bonchev–Trinajstić information content (AvgIpc) is 2.77. The number of nitrogens with one attached hydrogen (secondary N) is 2. The largest absolute Gasteiger partial charge is 0.444 e. The minimum Gasteiger partial charge on any atom is -0.444 e. The lowest BCUT2D eigenvalue weighted by Gasteiger charge is -2.44. The number of benzene rings is 2. The van der Waals surface area contributed by atoms with Crippen LogP contribution in [0.25, 0.3) is 0 Å². The minimum absolute atomic E-state index is 0.0696. The van der Waals surface area contributed by atoms with Crippen LogP contribution in [0.3, 0.4) is 0 Å². The standard InChI is InChI=1S/C29H39N3O4S/c1-18-11-7-8-16-22(18)30-26(33)25(24-19(2)12-9-13-20(24)3)32(21-14-10-15-21)27(34)23(17-37)31-28(35)36-29(4,5)6/h7-9,11-13,16,21,23,25,37H,10,14-15,17H2,1-6H3,(H,30,33)(H,31,35). The van der Waals surface area contributed by atoms with E-state index in [1.807, 2.05) is 63.2 Å². The summed E-state index contributed by atoms with van der Waals surface area (Å²) in [6.45, 7) is 11.1. The molecule has 2 unspecified atom stereocenters. The lowest BCUT2D eigenvalue weighted by atomic mass is 9.86. The molecule has 0 bridgehead atoms. The second kappa shape index (κ2) is 12.0. The van der Waals surface area contributed by atoms with E-state index in [-0.39, 0.29) is 23.6 Å². The number of thiol groups is 1. The zero-order valence-corrected chi connectivity index (χ0v) is 23.5. The lowest BCUT2D eigenvalue weighted by molar-refractivity contribution is -0.145. The van der Waals surface area contributed by atoms with Gasteiger partial charge in [0.05, 0.1) is 0 Å². The Morgan fingerprint density at radius 2 is 1.59 bits per heavy atom. The second-order valence-electron chi connectivity index (χ2n) is 10.7. The number of carbonyl (C=O) groups excluding carboxylic acids is 3. The van der Waals surface area contributed by atoms with E-state index in [0.717, 1.165) is 41.5 Å². The van der Waals surface area contributed by atoms with Crippen LogP contribution in [0.2, 0.25) is 0 Å². The number of carbonyl (C=O) groups is 3. The quantitative estimate of drug-likeness (QED) is 0.398. The van der Waals surface area contributed by atoms with E-state index in [1.54, 1.807) is 25.7 Å². The first-order valence-electron chi connectivity index (χ1n) is 12.8. The molecule has 0 aliphatic heterocycles. The van der Waals surface area contributed by atoms with Gasteiger partial charge in [0.15, 0.2) is 0 Å². The zero-order chi connectivity index (χ0) is 27.3. The van der Waals surface area contributed by atoms with Crippen molar-refractivity contribution >= 4 is 36.2 Å². The Bertz CT molecular complexity index is 1120. The first-order chi connectivity index (χ1) is 17.4. The molecule has 3 rings (SSSR count). The highest BCUT2D eigenvalue weighted by Gasteiger charge is 2.42. The smallest absolute Gasteiger partial charge is 0.408 e. The van der Waals surface area contributed by atoms with Crippen LogP contribution in [-0.2, 0) is 14.3 Å². The summed E-state index contributed by atoms with van der Waals surface area (Å²) in [5, 5.41) is 5.75. The minimum atomic E-state index is -0.947. The van der Waals surface area contributed by atoms with Crippen LogP contribution in [0.1, 0.15) is 68.3 Å². The van der Waals surface area contributed by atoms with Crippen molar-refractivity contribution in [3.63, 3.8) is 0 Å². The third-order valence-corrected chi connectivity index (χ3v) is 7.00. The first-order valence-corrected chi connectivity index (χ1v) is 13.4. The van der Waals surface area contributed by atoms with Gasteiger partial charge in [-0.25, -0.2) is 4.79 Å². The van der Waals surface area contributed by atoms with Crippen molar-refractivity contribution in [2.45, 2.75) is 84.5 Å². The summed E-state index contributed by atoms with van der Waals surface area (Å²) < 4.78 is 5.39. The molecular weight excluding hydrogens is 486 g/mol. The molecule has 1 aliphatic rings. The van der Waals surface area contributed by atoms with Gasteiger partial charge in [0.25, 0.3) is 5.91 Å². The van der Waals surface area contributed by atoms with Gasteiger partial charge >= 0.3 is 6.09 Å². The van der Waals surface area contributed by atoms with Crippen molar-refractivity contribution in [3.05, 3.63) is 64.7 Å². The summed E-state index contributed by atoms with van der Waals surface area (Å²) in [6, 6.07) is 11.5. The van der Waals surface area contributed by atoms with Crippen molar-refractivity contribution in [2.75, 3.05) is 11.1 Å². The Labute approximate surface area is 225 Å². The highest BCUT2D eigenvalue weighted by Crippen LogP contribution is 2.37. The summed E-state index contributed by atoms with van der Waals surface area (Å²) in [5.41, 5.74) is 3.55. The number of amides is 3. The summed E-state index contributed by atoms with van der Waals surface area (Å²) in [5.74, 6) is -0.569. The van der Waals surface area contributed by atoms with Crippen molar-refractivity contribution in [2.24, 2.45) is 0 Å². The van der Waals surface area contributed by atoms with E-state index in [4.69, 9.17) is 4.74 Å². The Morgan fingerprint density at radius 3 is 2.11 bits per heavy atom. The molecule has 0 radical (unpaired) electrons. The number of para-hydroxylation sites is 1. The van der Waals surface area contributed by atoms with E-state index >= 15 is 0 Å². The highest BCUT2D eigenvalue weighted by atomic mass is 32.1. The van der Waals surface area contributed by atoms with Gasteiger partial charge in [0, 0.05) is 17.5 Å². The van der Waals surface area contributed by atoms with Crippen LogP contribution >= 0.6 is 12.6 Å². The van der Waals surface area contributed by atoms with Gasteiger partial charge < -0.3 is 20.3 Å². The Morgan fingerprint density at radius 1 is 1.00 bits per heavy atom. The molecule has 2 aromatic carbocycles. The summed E-state index contributed by atoms with van der Waals surface area (Å²) in [7, 11) is 0. The van der Waals surface area contributed by atoms with Crippen molar-refractivity contribution in [3.8, 4) is 0 Å². The number of hydrogen-bond donors (Lipinski definition) is 3. The van der Waals surface area contributed by atoms with Crippen molar-refractivity contribution in [1.82, 2.24) is 10.2 Å². The predicted octanol–water partition coefficient (Wildman–Crippen LogP) is 5.50. The third-order valence-electron chi connectivity index (χ3n) is 6.64. The lowest BCUT2D eigenvalue weighted by Crippen LogP contribution is -2.57. The Hall–Kier alpha value is -3.00. The molecule has 2 aromatic rings. The molecule has 1 aliphatic carbocycles. The zero-order valence-electron chi connectivity index (χ0n) is 22.6. The number of rotatable bonds is 8. The molecule has 0 saturated heterocycles. The van der Waals surface area contributed by atoms with Crippen LogP contribution in [0.5, 0.6) is 0 Å². The molecule has 0 heterocycles. The van der Waals surface area contributed by atoms with Crippen LogP contribution in [0, 0.1) is 20.8 Å². The van der Waals surface area contributed by atoms with E-state index in [1.165, 1.54) is 0 Å². The first kappa shape index (κ1) is 28.6. The number of nitrogens with zero attached hydrogens (tertiary/aromatic N) is 1. The molecule has 7 nitrogen and oxygen atoms in total. The van der Waals surface area contributed by atoms with Gasteiger partial charge in [-0.05, 0) is 89.1 Å². The predicted molar refractivity (Wildman–Crippen MR) is 150 cm³/mol. The molecule has 200 valence electrons. The van der Waals surface area contributed by atoms with Crippen molar-refractivity contribution in [1.29, 1.82) is 0 Å². The number of aryl methyl sites for hydroxylation is 3. The molecule has 8 heteroatoms. The fourth-order valence-corrected chi connectivity index (χ4v) is 4.81. The van der Waals surface area contributed by atoms with Crippen molar-refractivity contribution < 1.29 is 19.1 Å². The van der Waals surface area contributed by atoms with Crippen LogP contribution < -0.4 is 10.6 Å². The monoisotopic (exact) mass is 525 g/mol.